The van der Waals surface area contributed by atoms with Gasteiger partial charge in [0, 0.05) is 37.5 Å². The number of likely N-dealkylation sites (N-methyl/N-ethyl adjacent to an activating group) is 1. The highest BCUT2D eigenvalue weighted by molar-refractivity contribution is 5.78. The highest BCUT2D eigenvalue weighted by atomic mass is 16.5. The molecule has 0 saturated heterocycles. The smallest absolute Gasteiger partial charge is 0.346 e. The maximum absolute atomic E-state index is 12.8. The second-order valence-electron chi connectivity index (χ2n) is 7.65. The van der Waals surface area contributed by atoms with Gasteiger partial charge in [0.2, 0.25) is 5.91 Å². The number of rotatable bonds is 8. The molecule has 0 saturated carbocycles. The summed E-state index contributed by atoms with van der Waals surface area (Å²) in [5.74, 6) is 1.46. The highest BCUT2D eigenvalue weighted by Crippen LogP contribution is 2.19. The van der Waals surface area contributed by atoms with Gasteiger partial charge < -0.3 is 14.7 Å². The monoisotopic (exact) mass is 404 g/mol. The third kappa shape index (κ3) is 4.77. The van der Waals surface area contributed by atoms with Crippen LogP contribution in [0, 0.1) is 19.8 Å². The van der Waals surface area contributed by atoms with Crippen molar-refractivity contribution in [3.8, 4) is 0 Å². The van der Waals surface area contributed by atoms with Crippen LogP contribution >= 0.6 is 0 Å². The number of aryl methyl sites for hydroxylation is 3. The summed E-state index contributed by atoms with van der Waals surface area (Å²) >= 11 is 0. The predicted molar refractivity (Wildman–Crippen MR) is 109 cm³/mol. The number of carbonyl (C=O) groups is 1. The molecular weight excluding hydrogens is 372 g/mol. The fraction of sp³-hybridized carbons (Fsp3) is 0.700. The third-order valence-corrected chi connectivity index (χ3v) is 5.90. The van der Waals surface area contributed by atoms with E-state index in [1.54, 1.807) is 4.57 Å². The van der Waals surface area contributed by atoms with Crippen LogP contribution in [0.2, 0.25) is 0 Å². The summed E-state index contributed by atoms with van der Waals surface area (Å²) in [7, 11) is 0. The lowest BCUT2D eigenvalue weighted by Gasteiger charge is -2.19. The molecule has 0 aliphatic carbocycles. The molecule has 1 N–H and O–H groups in total. The van der Waals surface area contributed by atoms with E-state index in [-0.39, 0.29) is 17.5 Å². The Morgan fingerprint density at radius 1 is 1.28 bits per heavy atom. The van der Waals surface area contributed by atoms with Gasteiger partial charge in [-0.15, -0.1) is 0 Å². The van der Waals surface area contributed by atoms with Crippen molar-refractivity contribution in [3.05, 3.63) is 33.3 Å². The zero-order valence-corrected chi connectivity index (χ0v) is 17.9. The summed E-state index contributed by atoms with van der Waals surface area (Å²) in [4.78, 5) is 27.7. The van der Waals surface area contributed by atoms with Crippen molar-refractivity contribution in [2.75, 3.05) is 26.2 Å². The number of nitrogens with zero attached hydrogens (tertiary/aromatic N) is 5. The number of hydrogen-bond donors (Lipinski definition) is 1. The standard InChI is InChI=1S/C20H32N6O3/c1-5-24(6-2)12-10-21-19(27)16-7-8-18-22-26(20(28)25(18)11-9-16)13-17-14(3)23-29-15(17)4/h16H,5-13H2,1-4H3,(H,21,27). The molecule has 1 amide bonds. The molecule has 1 aliphatic rings. The number of carbonyl (C=O) groups excluding carboxylic acids is 1. The van der Waals surface area contributed by atoms with Gasteiger partial charge in [0.25, 0.3) is 0 Å². The average Bonchev–Trinajstić information content (AvgIpc) is 3.08. The largest absolute Gasteiger partial charge is 0.361 e. The second kappa shape index (κ2) is 9.39. The zero-order valence-electron chi connectivity index (χ0n) is 17.9. The van der Waals surface area contributed by atoms with Crippen molar-refractivity contribution in [1.82, 2.24) is 29.7 Å². The third-order valence-electron chi connectivity index (χ3n) is 5.90. The number of hydrogen-bond acceptors (Lipinski definition) is 6. The second-order valence-corrected chi connectivity index (χ2v) is 7.65. The van der Waals surface area contributed by atoms with Crippen LogP contribution in [0.15, 0.2) is 9.32 Å². The lowest BCUT2D eigenvalue weighted by Crippen LogP contribution is -2.38. The van der Waals surface area contributed by atoms with E-state index in [0.29, 0.717) is 44.7 Å². The Bertz CT molecular complexity index is 873. The molecule has 0 bridgehead atoms. The van der Waals surface area contributed by atoms with Gasteiger partial charge in [-0.1, -0.05) is 19.0 Å². The van der Waals surface area contributed by atoms with Crippen molar-refractivity contribution in [2.24, 2.45) is 5.92 Å². The number of nitrogens with one attached hydrogen (secondary N) is 1. The van der Waals surface area contributed by atoms with Crippen LogP contribution < -0.4 is 11.0 Å². The molecule has 29 heavy (non-hydrogen) atoms. The minimum Gasteiger partial charge on any atom is -0.361 e. The predicted octanol–water partition coefficient (Wildman–Crippen LogP) is 1.11. The SMILES string of the molecule is CCN(CC)CCNC(=O)C1CCc2nn(Cc3c(C)noc3C)c(=O)n2CC1. The van der Waals surface area contributed by atoms with Gasteiger partial charge in [-0.25, -0.2) is 9.48 Å². The fourth-order valence-electron chi connectivity index (χ4n) is 3.89. The first kappa shape index (κ1) is 21.3. The van der Waals surface area contributed by atoms with Crippen LogP contribution in [0.5, 0.6) is 0 Å². The summed E-state index contributed by atoms with van der Waals surface area (Å²) in [6.45, 7) is 12.3. The van der Waals surface area contributed by atoms with Crippen molar-refractivity contribution in [1.29, 1.82) is 0 Å². The van der Waals surface area contributed by atoms with E-state index in [1.807, 2.05) is 13.8 Å². The van der Waals surface area contributed by atoms with E-state index in [1.165, 1.54) is 4.68 Å². The Balaban J connectivity index is 1.60. The van der Waals surface area contributed by atoms with E-state index in [9.17, 15) is 9.59 Å². The van der Waals surface area contributed by atoms with Crippen LogP contribution in [0.25, 0.3) is 0 Å². The molecule has 9 heteroatoms. The van der Waals surface area contributed by atoms with Gasteiger partial charge in [0.15, 0.2) is 0 Å². The van der Waals surface area contributed by atoms with Crippen LogP contribution in [-0.4, -0.2) is 56.5 Å². The van der Waals surface area contributed by atoms with E-state index in [4.69, 9.17) is 4.52 Å². The Morgan fingerprint density at radius 2 is 2.03 bits per heavy atom. The maximum Gasteiger partial charge on any atom is 0.346 e. The van der Waals surface area contributed by atoms with Gasteiger partial charge in [-0.05, 0) is 39.8 Å². The van der Waals surface area contributed by atoms with E-state index in [2.05, 4.69) is 34.3 Å². The highest BCUT2D eigenvalue weighted by Gasteiger charge is 2.25. The normalized spacial score (nSPS) is 16.7. The maximum atomic E-state index is 12.8. The quantitative estimate of drug-likeness (QED) is 0.708. The average molecular weight is 405 g/mol. The van der Waals surface area contributed by atoms with Crippen LogP contribution in [-0.2, 0) is 24.3 Å². The van der Waals surface area contributed by atoms with E-state index < -0.39 is 0 Å². The van der Waals surface area contributed by atoms with E-state index in [0.717, 1.165) is 36.7 Å². The number of fused-ring (bicyclic) bond motifs is 1. The Hall–Kier alpha value is -2.42. The van der Waals surface area contributed by atoms with Gasteiger partial charge in [0.1, 0.15) is 11.6 Å². The first-order chi connectivity index (χ1) is 13.9. The summed E-state index contributed by atoms with van der Waals surface area (Å²) in [5, 5.41) is 11.5. The lowest BCUT2D eigenvalue weighted by atomic mass is 9.99. The molecule has 1 atom stereocenters. The number of aromatic nitrogens is 4. The Kier molecular flexibility index (Phi) is 6.89. The molecule has 0 radical (unpaired) electrons. The minimum absolute atomic E-state index is 0.0798. The van der Waals surface area contributed by atoms with Gasteiger partial charge >= 0.3 is 5.69 Å². The Morgan fingerprint density at radius 3 is 2.69 bits per heavy atom. The molecule has 0 fully saturated rings. The molecular formula is C20H32N6O3. The number of amides is 1. The minimum atomic E-state index is -0.136. The van der Waals surface area contributed by atoms with Crippen molar-refractivity contribution >= 4 is 5.91 Å². The first-order valence-electron chi connectivity index (χ1n) is 10.5. The lowest BCUT2D eigenvalue weighted by molar-refractivity contribution is -0.125. The molecule has 3 heterocycles. The van der Waals surface area contributed by atoms with Crippen LogP contribution in [0.1, 0.15) is 49.5 Å². The summed E-state index contributed by atoms with van der Waals surface area (Å²) in [6, 6.07) is 0. The zero-order chi connectivity index (χ0) is 21.0. The van der Waals surface area contributed by atoms with Gasteiger partial charge in [-0.3, -0.25) is 9.36 Å². The summed E-state index contributed by atoms with van der Waals surface area (Å²) in [6.07, 6.45) is 1.98. The summed E-state index contributed by atoms with van der Waals surface area (Å²) in [5.41, 5.74) is 1.53. The topological polar surface area (TPSA) is 98.2 Å². The van der Waals surface area contributed by atoms with Crippen molar-refractivity contribution in [2.45, 2.75) is 60.0 Å². The fourth-order valence-corrected chi connectivity index (χ4v) is 3.89. The molecule has 3 rings (SSSR count). The first-order valence-corrected chi connectivity index (χ1v) is 10.5. The van der Waals surface area contributed by atoms with Crippen LogP contribution in [0.4, 0.5) is 0 Å². The molecule has 2 aromatic heterocycles. The molecule has 160 valence electrons. The molecule has 1 aliphatic heterocycles. The van der Waals surface area contributed by atoms with Gasteiger partial charge in [-0.2, -0.15) is 5.10 Å². The molecule has 0 spiro atoms. The van der Waals surface area contributed by atoms with Crippen molar-refractivity contribution in [3.63, 3.8) is 0 Å². The molecule has 9 nitrogen and oxygen atoms in total. The molecule has 2 aromatic rings. The van der Waals surface area contributed by atoms with Crippen LogP contribution in [0.3, 0.4) is 0 Å². The van der Waals surface area contributed by atoms with Crippen molar-refractivity contribution < 1.29 is 9.32 Å². The van der Waals surface area contributed by atoms with E-state index >= 15 is 0 Å². The molecule has 1 unspecified atom stereocenters. The Labute approximate surface area is 171 Å². The molecule has 0 aromatic carbocycles. The summed E-state index contributed by atoms with van der Waals surface area (Å²) < 4.78 is 8.37. The van der Waals surface area contributed by atoms with Gasteiger partial charge in [0.05, 0.1) is 12.2 Å².